The van der Waals surface area contributed by atoms with E-state index < -0.39 is 5.97 Å². The van der Waals surface area contributed by atoms with Gasteiger partial charge in [-0.05, 0) is 32.6 Å². The number of hydrogen-bond donors (Lipinski definition) is 2. The van der Waals surface area contributed by atoms with Gasteiger partial charge in [-0.25, -0.2) is 0 Å². The molecule has 1 saturated carbocycles. The maximum atomic E-state index is 12.1. The van der Waals surface area contributed by atoms with Crippen molar-refractivity contribution in [2.45, 2.75) is 39.2 Å². The topological polar surface area (TPSA) is 84.2 Å². The monoisotopic (exact) mass is 279 g/mol. The van der Waals surface area contributed by atoms with E-state index in [0.717, 1.165) is 11.3 Å². The molecule has 1 aliphatic rings. The number of nitrogens with one attached hydrogen (secondary N) is 1. The number of aryl methyl sites for hydroxylation is 2. The summed E-state index contributed by atoms with van der Waals surface area (Å²) in [7, 11) is 1.85. The molecule has 0 saturated heterocycles. The van der Waals surface area contributed by atoms with Crippen molar-refractivity contribution in [2.24, 2.45) is 18.9 Å². The summed E-state index contributed by atoms with van der Waals surface area (Å²) in [5, 5.41) is 16.1. The first-order valence-corrected chi connectivity index (χ1v) is 6.97. The number of carbonyl (C=O) groups is 2. The first-order valence-electron chi connectivity index (χ1n) is 6.97. The van der Waals surface area contributed by atoms with Gasteiger partial charge < -0.3 is 10.4 Å². The van der Waals surface area contributed by atoms with Crippen LogP contribution in [-0.4, -0.2) is 26.8 Å². The molecule has 20 heavy (non-hydrogen) atoms. The average Bonchev–Trinajstić information content (AvgIpc) is 2.74. The van der Waals surface area contributed by atoms with Crippen LogP contribution in [0.3, 0.4) is 0 Å². The van der Waals surface area contributed by atoms with Crippen molar-refractivity contribution in [3.63, 3.8) is 0 Å². The molecule has 0 aliphatic heterocycles. The molecule has 0 bridgehead atoms. The molecule has 1 aromatic rings. The van der Waals surface area contributed by atoms with Crippen LogP contribution in [0.5, 0.6) is 0 Å². The van der Waals surface area contributed by atoms with Gasteiger partial charge in [0.1, 0.15) is 0 Å². The Labute approximate surface area is 118 Å². The Kier molecular flexibility index (Phi) is 4.42. The molecule has 0 unspecified atom stereocenters. The second-order valence-corrected chi connectivity index (χ2v) is 5.52. The molecule has 0 aromatic carbocycles. The minimum absolute atomic E-state index is 0.0251. The van der Waals surface area contributed by atoms with Gasteiger partial charge in [-0.1, -0.05) is 0 Å². The fourth-order valence-corrected chi connectivity index (χ4v) is 2.75. The third-order valence-electron chi connectivity index (χ3n) is 4.02. The predicted octanol–water partition coefficient (Wildman–Crippen LogP) is 1.24. The van der Waals surface area contributed by atoms with E-state index in [9.17, 15) is 9.59 Å². The van der Waals surface area contributed by atoms with Crippen LogP contribution in [0.15, 0.2) is 6.20 Å². The zero-order valence-electron chi connectivity index (χ0n) is 11.9. The quantitative estimate of drug-likeness (QED) is 0.868. The summed E-state index contributed by atoms with van der Waals surface area (Å²) >= 11 is 0. The van der Waals surface area contributed by atoms with E-state index in [-0.39, 0.29) is 17.7 Å². The normalized spacial score (nSPS) is 22.5. The minimum Gasteiger partial charge on any atom is -0.481 e. The number of nitrogens with zero attached hydrogens (tertiary/aromatic N) is 2. The van der Waals surface area contributed by atoms with Crippen LogP contribution < -0.4 is 5.32 Å². The van der Waals surface area contributed by atoms with Gasteiger partial charge in [-0.15, -0.1) is 0 Å². The summed E-state index contributed by atoms with van der Waals surface area (Å²) < 4.78 is 1.73. The largest absolute Gasteiger partial charge is 0.481 e. The summed E-state index contributed by atoms with van der Waals surface area (Å²) in [4.78, 5) is 23.0. The Morgan fingerprint density at radius 1 is 1.35 bits per heavy atom. The lowest BCUT2D eigenvalue weighted by atomic mass is 9.81. The molecule has 2 rings (SSSR count). The van der Waals surface area contributed by atoms with E-state index in [1.807, 2.05) is 20.2 Å². The highest BCUT2D eigenvalue weighted by molar-refractivity contribution is 5.79. The molecule has 6 nitrogen and oxygen atoms in total. The molecule has 0 atom stereocenters. The smallest absolute Gasteiger partial charge is 0.306 e. The molecule has 1 aromatic heterocycles. The second kappa shape index (κ2) is 6.07. The molecule has 1 aliphatic carbocycles. The van der Waals surface area contributed by atoms with Gasteiger partial charge in [0, 0.05) is 31.3 Å². The summed E-state index contributed by atoms with van der Waals surface area (Å²) in [5.74, 6) is -1.05. The van der Waals surface area contributed by atoms with Crippen LogP contribution >= 0.6 is 0 Å². The van der Waals surface area contributed by atoms with E-state index in [0.29, 0.717) is 32.2 Å². The summed E-state index contributed by atoms with van der Waals surface area (Å²) in [6.45, 7) is 2.40. The molecule has 110 valence electrons. The summed E-state index contributed by atoms with van der Waals surface area (Å²) in [6.07, 6.45) is 4.42. The lowest BCUT2D eigenvalue weighted by Crippen LogP contribution is -2.34. The maximum Gasteiger partial charge on any atom is 0.306 e. The summed E-state index contributed by atoms with van der Waals surface area (Å²) in [5.41, 5.74) is 1.93. The molecule has 1 heterocycles. The van der Waals surface area contributed by atoms with Crippen molar-refractivity contribution < 1.29 is 14.7 Å². The van der Waals surface area contributed by atoms with Crippen LogP contribution in [0.25, 0.3) is 0 Å². The van der Waals surface area contributed by atoms with E-state index in [2.05, 4.69) is 10.4 Å². The molecule has 0 spiro atoms. The molecule has 0 radical (unpaired) electrons. The SMILES string of the molecule is Cc1nn(C)cc1CNC(=O)C1CCC(C(=O)O)CC1. The fourth-order valence-electron chi connectivity index (χ4n) is 2.75. The number of hydrogen-bond acceptors (Lipinski definition) is 3. The fraction of sp³-hybridized carbons (Fsp3) is 0.643. The predicted molar refractivity (Wildman–Crippen MR) is 72.9 cm³/mol. The van der Waals surface area contributed by atoms with Crippen LogP contribution in [-0.2, 0) is 23.2 Å². The van der Waals surface area contributed by atoms with Crippen molar-refractivity contribution in [1.29, 1.82) is 0 Å². The van der Waals surface area contributed by atoms with Crippen molar-refractivity contribution in [3.05, 3.63) is 17.5 Å². The molecule has 2 N–H and O–H groups in total. The Bertz CT molecular complexity index is 502. The molecular weight excluding hydrogens is 258 g/mol. The van der Waals surface area contributed by atoms with E-state index in [1.54, 1.807) is 4.68 Å². The number of carboxylic acid groups (broad SMARTS) is 1. The zero-order chi connectivity index (χ0) is 14.7. The maximum absolute atomic E-state index is 12.1. The van der Waals surface area contributed by atoms with Crippen LogP contribution in [0.2, 0.25) is 0 Å². The molecule has 1 fully saturated rings. The average molecular weight is 279 g/mol. The molecule has 6 heteroatoms. The number of aliphatic carboxylic acids is 1. The van der Waals surface area contributed by atoms with Gasteiger partial charge in [0.25, 0.3) is 0 Å². The highest BCUT2D eigenvalue weighted by Crippen LogP contribution is 2.29. The Balaban J connectivity index is 1.81. The van der Waals surface area contributed by atoms with Gasteiger partial charge >= 0.3 is 5.97 Å². The van der Waals surface area contributed by atoms with Crippen molar-refractivity contribution in [3.8, 4) is 0 Å². The Hall–Kier alpha value is -1.85. The standard InChI is InChI=1S/C14H21N3O3/c1-9-12(8-17(2)16-9)7-15-13(18)10-3-5-11(6-4-10)14(19)20/h8,10-11H,3-7H2,1-2H3,(H,15,18)(H,19,20). The highest BCUT2D eigenvalue weighted by Gasteiger charge is 2.29. The lowest BCUT2D eigenvalue weighted by Gasteiger charge is -2.25. The molecule has 1 amide bonds. The van der Waals surface area contributed by atoms with Gasteiger partial charge in [0.15, 0.2) is 0 Å². The third kappa shape index (κ3) is 3.37. The molecular formula is C14H21N3O3. The van der Waals surface area contributed by atoms with E-state index in [4.69, 9.17) is 5.11 Å². The summed E-state index contributed by atoms with van der Waals surface area (Å²) in [6, 6.07) is 0. The van der Waals surface area contributed by atoms with Gasteiger partial charge in [0.2, 0.25) is 5.91 Å². The van der Waals surface area contributed by atoms with Gasteiger partial charge in [-0.3, -0.25) is 14.3 Å². The number of carboxylic acids is 1. The first kappa shape index (κ1) is 14.6. The number of amides is 1. The lowest BCUT2D eigenvalue weighted by molar-refractivity contribution is -0.144. The number of aromatic nitrogens is 2. The van der Waals surface area contributed by atoms with Crippen LogP contribution in [0, 0.1) is 18.8 Å². The highest BCUT2D eigenvalue weighted by atomic mass is 16.4. The van der Waals surface area contributed by atoms with Crippen molar-refractivity contribution in [2.75, 3.05) is 0 Å². The Morgan fingerprint density at radius 2 is 1.95 bits per heavy atom. The Morgan fingerprint density at radius 3 is 2.45 bits per heavy atom. The zero-order valence-corrected chi connectivity index (χ0v) is 11.9. The van der Waals surface area contributed by atoms with Gasteiger partial charge in [0.05, 0.1) is 11.6 Å². The third-order valence-corrected chi connectivity index (χ3v) is 4.02. The van der Waals surface area contributed by atoms with Crippen molar-refractivity contribution in [1.82, 2.24) is 15.1 Å². The van der Waals surface area contributed by atoms with Crippen LogP contribution in [0.1, 0.15) is 36.9 Å². The minimum atomic E-state index is -0.741. The first-order chi connectivity index (χ1) is 9.47. The van der Waals surface area contributed by atoms with Gasteiger partial charge in [-0.2, -0.15) is 5.10 Å². The van der Waals surface area contributed by atoms with E-state index in [1.165, 1.54) is 0 Å². The second-order valence-electron chi connectivity index (χ2n) is 5.52. The van der Waals surface area contributed by atoms with Crippen molar-refractivity contribution >= 4 is 11.9 Å². The number of carbonyl (C=O) groups excluding carboxylic acids is 1. The van der Waals surface area contributed by atoms with E-state index >= 15 is 0 Å². The van der Waals surface area contributed by atoms with Crippen LogP contribution in [0.4, 0.5) is 0 Å². The number of rotatable bonds is 4.